The van der Waals surface area contributed by atoms with Crippen LogP contribution in [0.2, 0.25) is 0 Å². The van der Waals surface area contributed by atoms with E-state index in [4.69, 9.17) is 4.42 Å². The molecule has 2 N–H and O–H groups in total. The monoisotopic (exact) mass is 497 g/mol. The van der Waals surface area contributed by atoms with Crippen molar-refractivity contribution < 1.29 is 22.4 Å². The van der Waals surface area contributed by atoms with Crippen LogP contribution in [-0.2, 0) is 39.1 Å². The molecule has 0 bridgehead atoms. The van der Waals surface area contributed by atoms with Crippen LogP contribution < -0.4 is 10.0 Å². The van der Waals surface area contributed by atoms with Gasteiger partial charge in [0.2, 0.25) is 21.8 Å². The molecule has 0 aliphatic carbocycles. The van der Waals surface area contributed by atoms with Gasteiger partial charge in [0, 0.05) is 19.5 Å². The summed E-state index contributed by atoms with van der Waals surface area (Å²) in [5.74, 6) is 0.189. The molecular formula is C26H31N3O5S. The molecule has 1 atom stereocenters. The predicted molar refractivity (Wildman–Crippen MR) is 133 cm³/mol. The summed E-state index contributed by atoms with van der Waals surface area (Å²) in [7, 11) is -3.53. The number of sulfonamides is 1. The number of hydrogen-bond acceptors (Lipinski definition) is 5. The summed E-state index contributed by atoms with van der Waals surface area (Å²) in [5.41, 5.74) is 1.76. The first-order chi connectivity index (χ1) is 16.8. The Morgan fingerprint density at radius 1 is 0.971 bits per heavy atom. The topological polar surface area (TPSA) is 109 Å². The highest BCUT2D eigenvalue weighted by Crippen LogP contribution is 2.15. The second-order valence-electron chi connectivity index (χ2n) is 8.13. The minimum Gasteiger partial charge on any atom is -0.467 e. The van der Waals surface area contributed by atoms with Crippen molar-refractivity contribution in [3.63, 3.8) is 0 Å². The fraction of sp³-hybridized carbons (Fsp3) is 0.308. The minimum atomic E-state index is -3.53. The van der Waals surface area contributed by atoms with Crippen LogP contribution in [0.1, 0.15) is 37.2 Å². The zero-order chi connectivity index (χ0) is 25.3. The van der Waals surface area contributed by atoms with Gasteiger partial charge in [0.1, 0.15) is 11.8 Å². The molecule has 1 aromatic heterocycles. The molecule has 1 heterocycles. The van der Waals surface area contributed by atoms with Gasteiger partial charge >= 0.3 is 0 Å². The Bertz CT molecular complexity index is 1190. The molecule has 2 amide bonds. The van der Waals surface area contributed by atoms with Gasteiger partial charge in [-0.1, -0.05) is 49.4 Å². The molecule has 0 saturated heterocycles. The van der Waals surface area contributed by atoms with E-state index in [2.05, 4.69) is 10.0 Å². The van der Waals surface area contributed by atoms with Gasteiger partial charge in [-0.25, -0.2) is 13.1 Å². The Kier molecular flexibility index (Phi) is 9.22. The van der Waals surface area contributed by atoms with E-state index in [1.165, 1.54) is 12.1 Å². The number of nitrogens with zero attached hydrogens (tertiary/aromatic N) is 1. The van der Waals surface area contributed by atoms with Gasteiger partial charge in [-0.05, 0) is 48.7 Å². The highest BCUT2D eigenvalue weighted by Gasteiger charge is 2.26. The fourth-order valence-electron chi connectivity index (χ4n) is 3.60. The van der Waals surface area contributed by atoms with Crippen LogP contribution in [0.5, 0.6) is 0 Å². The number of benzene rings is 2. The summed E-state index contributed by atoms with van der Waals surface area (Å²) in [6.45, 7) is 4.28. The molecule has 9 heteroatoms. The summed E-state index contributed by atoms with van der Waals surface area (Å²) in [6.07, 6.45) is 2.15. The van der Waals surface area contributed by atoms with E-state index in [9.17, 15) is 18.0 Å². The molecule has 0 aliphatic rings. The maximum atomic E-state index is 13.2. The number of carbonyl (C=O) groups excluding carboxylic acids is 2. The molecule has 0 radical (unpaired) electrons. The Morgan fingerprint density at radius 2 is 1.69 bits per heavy atom. The summed E-state index contributed by atoms with van der Waals surface area (Å²) in [5, 5.41) is 2.82. The SMILES string of the molecule is CCNS(=O)(=O)c1ccc(CCC(=O)N(Cc2ccccc2)C(C)C(=O)NCc2ccco2)cc1. The molecule has 0 aliphatic heterocycles. The molecule has 35 heavy (non-hydrogen) atoms. The van der Waals surface area contributed by atoms with E-state index in [-0.39, 0.29) is 29.7 Å². The molecule has 1 unspecified atom stereocenters. The van der Waals surface area contributed by atoms with Crippen LogP contribution in [0.25, 0.3) is 0 Å². The first kappa shape index (κ1) is 26.2. The quantitative estimate of drug-likeness (QED) is 0.399. The van der Waals surface area contributed by atoms with Crippen LogP contribution in [0.4, 0.5) is 0 Å². The zero-order valence-electron chi connectivity index (χ0n) is 19.9. The molecule has 3 aromatic rings. The minimum absolute atomic E-state index is 0.168. The van der Waals surface area contributed by atoms with Crippen molar-refractivity contribution in [1.29, 1.82) is 0 Å². The lowest BCUT2D eigenvalue weighted by Gasteiger charge is -2.29. The Balaban J connectivity index is 1.67. The predicted octanol–water partition coefficient (Wildman–Crippen LogP) is 3.24. The smallest absolute Gasteiger partial charge is 0.242 e. The van der Waals surface area contributed by atoms with Crippen LogP contribution >= 0.6 is 0 Å². The molecule has 2 aromatic carbocycles. The van der Waals surface area contributed by atoms with Gasteiger partial charge in [0.05, 0.1) is 17.7 Å². The summed E-state index contributed by atoms with van der Waals surface area (Å²) in [6, 6.07) is 18.8. The lowest BCUT2D eigenvalue weighted by molar-refractivity contribution is -0.140. The van der Waals surface area contributed by atoms with Gasteiger partial charge in [0.15, 0.2) is 0 Å². The average Bonchev–Trinajstić information content (AvgIpc) is 3.38. The number of carbonyl (C=O) groups is 2. The van der Waals surface area contributed by atoms with Crippen molar-refractivity contribution in [3.05, 3.63) is 89.9 Å². The lowest BCUT2D eigenvalue weighted by Crippen LogP contribution is -2.47. The fourth-order valence-corrected chi connectivity index (χ4v) is 4.64. The van der Waals surface area contributed by atoms with Crippen molar-refractivity contribution in [3.8, 4) is 0 Å². The Labute approximate surface area is 206 Å². The molecule has 8 nitrogen and oxygen atoms in total. The van der Waals surface area contributed by atoms with Gasteiger partial charge in [0.25, 0.3) is 0 Å². The molecule has 3 rings (SSSR count). The molecule has 0 saturated carbocycles. The van der Waals surface area contributed by atoms with Crippen LogP contribution in [0.3, 0.4) is 0 Å². The Morgan fingerprint density at radius 3 is 2.31 bits per heavy atom. The van der Waals surface area contributed by atoms with E-state index >= 15 is 0 Å². The van der Waals surface area contributed by atoms with Crippen LogP contribution in [-0.4, -0.2) is 37.7 Å². The normalized spacial score (nSPS) is 12.2. The van der Waals surface area contributed by atoms with Crippen LogP contribution in [0.15, 0.2) is 82.3 Å². The van der Waals surface area contributed by atoms with Gasteiger partial charge < -0.3 is 14.6 Å². The third kappa shape index (κ3) is 7.53. The highest BCUT2D eigenvalue weighted by atomic mass is 32.2. The third-order valence-electron chi connectivity index (χ3n) is 5.58. The first-order valence-corrected chi connectivity index (χ1v) is 13.0. The van der Waals surface area contributed by atoms with E-state index in [0.717, 1.165) is 11.1 Å². The van der Waals surface area contributed by atoms with Crippen LogP contribution in [0, 0.1) is 0 Å². The maximum absolute atomic E-state index is 13.2. The second kappa shape index (κ2) is 12.3. The lowest BCUT2D eigenvalue weighted by atomic mass is 10.1. The number of amides is 2. The number of rotatable bonds is 12. The molecule has 0 spiro atoms. The Hall–Kier alpha value is -3.43. The van der Waals surface area contributed by atoms with Crippen molar-refractivity contribution in [2.75, 3.05) is 6.54 Å². The maximum Gasteiger partial charge on any atom is 0.242 e. The number of hydrogen-bond donors (Lipinski definition) is 2. The molecular weight excluding hydrogens is 466 g/mol. The summed E-state index contributed by atoms with van der Waals surface area (Å²) < 4.78 is 32.0. The summed E-state index contributed by atoms with van der Waals surface area (Å²) in [4.78, 5) is 27.8. The number of furan rings is 1. The third-order valence-corrected chi connectivity index (χ3v) is 7.14. The van der Waals surface area contributed by atoms with E-state index < -0.39 is 16.1 Å². The van der Waals surface area contributed by atoms with E-state index in [1.807, 2.05) is 30.3 Å². The summed E-state index contributed by atoms with van der Waals surface area (Å²) >= 11 is 0. The van der Waals surface area contributed by atoms with Crippen molar-refractivity contribution in [2.24, 2.45) is 0 Å². The van der Waals surface area contributed by atoms with Crippen molar-refractivity contribution in [1.82, 2.24) is 14.9 Å². The van der Waals surface area contributed by atoms with Crippen molar-refractivity contribution in [2.45, 2.75) is 50.7 Å². The van der Waals surface area contributed by atoms with Gasteiger partial charge in [-0.15, -0.1) is 0 Å². The molecule has 186 valence electrons. The van der Waals surface area contributed by atoms with Crippen molar-refractivity contribution >= 4 is 21.8 Å². The van der Waals surface area contributed by atoms with E-state index in [1.54, 1.807) is 49.3 Å². The van der Waals surface area contributed by atoms with Gasteiger partial charge in [-0.2, -0.15) is 0 Å². The standard InChI is InChI=1S/C26H31N3O5S/c1-3-28-35(32,33)24-14-11-21(12-15-24)13-16-25(30)29(19-22-8-5-4-6-9-22)20(2)26(31)27-18-23-10-7-17-34-23/h4-12,14-15,17,20,28H,3,13,16,18-19H2,1-2H3,(H,27,31). The number of aryl methyl sites for hydroxylation is 1. The highest BCUT2D eigenvalue weighted by molar-refractivity contribution is 7.89. The largest absolute Gasteiger partial charge is 0.467 e. The molecule has 0 fully saturated rings. The second-order valence-corrected chi connectivity index (χ2v) is 9.89. The first-order valence-electron chi connectivity index (χ1n) is 11.5. The van der Waals surface area contributed by atoms with Gasteiger partial charge in [-0.3, -0.25) is 9.59 Å². The zero-order valence-corrected chi connectivity index (χ0v) is 20.8. The number of nitrogens with one attached hydrogen (secondary N) is 2. The average molecular weight is 498 g/mol. The van der Waals surface area contributed by atoms with E-state index in [0.29, 0.717) is 25.3 Å².